The van der Waals surface area contributed by atoms with Crippen LogP contribution < -0.4 is 27.8 Å². The van der Waals surface area contributed by atoms with E-state index in [2.05, 4.69) is 35.7 Å². The van der Waals surface area contributed by atoms with Gasteiger partial charge in [-0.1, -0.05) is 102 Å². The van der Waals surface area contributed by atoms with Crippen LogP contribution in [0.1, 0.15) is 75.4 Å². The predicted molar refractivity (Wildman–Crippen MR) is 331 cm³/mol. The zero-order valence-electron chi connectivity index (χ0n) is 46.5. The van der Waals surface area contributed by atoms with Gasteiger partial charge in [-0.15, -0.1) is 45.3 Å². The van der Waals surface area contributed by atoms with Gasteiger partial charge in [0.1, 0.15) is 34.9 Å². The fraction of sp³-hybridized carbons (Fsp3) is 0.129. The molecular formula is C62H45F9N10O5S4. The number of nitrogens with zero attached hydrogens (tertiary/aromatic N) is 5. The van der Waals surface area contributed by atoms with E-state index in [0.29, 0.717) is 21.8 Å². The molecule has 0 atom stereocenters. The highest BCUT2D eigenvalue weighted by molar-refractivity contribution is 7.22. The Balaban J connectivity index is 0.000000152. The van der Waals surface area contributed by atoms with Gasteiger partial charge in [-0.3, -0.25) is 14.6 Å². The summed E-state index contributed by atoms with van der Waals surface area (Å²) in [6.07, 6.45) is -11.0. The molecule has 8 N–H and O–H groups in total. The summed E-state index contributed by atoms with van der Waals surface area (Å²) >= 11 is 3.73. The highest BCUT2D eigenvalue weighted by Crippen LogP contribution is 2.47. The maximum Gasteiger partial charge on any atom is 0.417 e. The van der Waals surface area contributed by atoms with Crippen molar-refractivity contribution < 1.29 is 63.2 Å². The van der Waals surface area contributed by atoms with Crippen LogP contribution in [-0.2, 0) is 23.3 Å². The number of carbonyl (C=O) groups excluding carboxylic acids is 3. The fourth-order valence-corrected chi connectivity index (χ4v) is 13.1. The van der Waals surface area contributed by atoms with Gasteiger partial charge >= 0.3 is 24.5 Å². The maximum absolute atomic E-state index is 14.0. The van der Waals surface area contributed by atoms with Crippen LogP contribution in [0, 0.1) is 6.92 Å². The number of thiophene rings is 4. The van der Waals surface area contributed by atoms with Gasteiger partial charge in [0.2, 0.25) is 0 Å². The second-order valence-electron chi connectivity index (χ2n) is 19.4. The Morgan fingerprint density at radius 2 is 1.01 bits per heavy atom. The first-order chi connectivity index (χ1) is 42.9. The Kier molecular flexibility index (Phi) is 18.4. The van der Waals surface area contributed by atoms with Crippen molar-refractivity contribution in [2.75, 3.05) is 35.7 Å². The molecule has 2 amide bonds. The molecule has 0 bridgehead atoms. The van der Waals surface area contributed by atoms with Crippen molar-refractivity contribution in [3.05, 3.63) is 206 Å². The van der Waals surface area contributed by atoms with Crippen molar-refractivity contribution >= 4 is 117 Å². The number of carbonyl (C=O) groups is 3. The smallest absolute Gasteiger partial charge is 0.417 e. The van der Waals surface area contributed by atoms with Crippen molar-refractivity contribution in [3.8, 4) is 33.1 Å². The number of nitrogens with one attached hydrogen (secondary N) is 2. The van der Waals surface area contributed by atoms with Gasteiger partial charge in [-0.2, -0.15) is 39.5 Å². The molecule has 0 saturated carbocycles. The van der Waals surface area contributed by atoms with E-state index in [1.807, 2.05) is 60.7 Å². The molecule has 15 nitrogen and oxygen atoms in total. The lowest BCUT2D eigenvalue weighted by Gasteiger charge is -2.18. The van der Waals surface area contributed by atoms with Crippen LogP contribution in [0.4, 0.5) is 62.4 Å². The van der Waals surface area contributed by atoms with E-state index in [1.165, 1.54) is 29.8 Å². The van der Waals surface area contributed by atoms with E-state index in [0.717, 1.165) is 63.3 Å². The normalized spacial score (nSPS) is 11.7. The molecule has 0 aliphatic carbocycles. The molecule has 0 unspecified atom stereocenters. The van der Waals surface area contributed by atoms with E-state index < -0.39 is 53.0 Å². The lowest BCUT2D eigenvalue weighted by molar-refractivity contribution is -0.137. The second kappa shape index (κ2) is 26.1. The van der Waals surface area contributed by atoms with Gasteiger partial charge in [-0.05, 0) is 66.8 Å². The summed E-state index contributed by atoms with van der Waals surface area (Å²) in [4.78, 5) is 55.2. The maximum atomic E-state index is 14.0. The predicted octanol–water partition coefficient (Wildman–Crippen LogP) is 16.4. The molecule has 460 valence electrons. The number of nitrogen functional groups attached to an aromatic ring is 3. The van der Waals surface area contributed by atoms with Gasteiger partial charge in [0, 0.05) is 58.2 Å². The molecule has 0 aliphatic heterocycles. The lowest BCUT2D eigenvalue weighted by Crippen LogP contribution is -2.28. The molecule has 0 saturated heterocycles. The molecule has 0 aliphatic rings. The number of rotatable bonds is 12. The number of pyridine rings is 4. The molecule has 90 heavy (non-hydrogen) atoms. The topological polar surface area (TPSA) is 240 Å². The van der Waals surface area contributed by atoms with Gasteiger partial charge in [0.15, 0.2) is 5.82 Å². The number of hydrogen-bond donors (Lipinski definition) is 5. The minimum atomic E-state index is -4.68. The molecule has 3 aromatic carbocycles. The van der Waals surface area contributed by atoms with E-state index in [1.54, 1.807) is 73.8 Å². The van der Waals surface area contributed by atoms with Crippen molar-refractivity contribution in [2.24, 2.45) is 0 Å². The average molecular weight is 1310 g/mol. The van der Waals surface area contributed by atoms with Gasteiger partial charge in [0.25, 0.3) is 11.8 Å². The number of nitrogens with two attached hydrogens (primary N) is 3. The Morgan fingerprint density at radius 1 is 0.567 bits per heavy atom. The SMILES string of the molecule is CCOC(=O)c1sc2nc(-c3cccs3)cc(C(F)(F)F)c2c1N.Cc1cc(NC(=O)c2sc3nc(-c4ccccc4)cc(C(F)(F)F)c3c2N)no1.Nc1c(C(=O)NCC(c2ccccc2)c2ccccc2)sc2nc(-c3ccncc3)cc(C(F)(F)F)c12. The summed E-state index contributed by atoms with van der Waals surface area (Å²) in [5, 5.41) is 9.92. The van der Waals surface area contributed by atoms with Crippen LogP contribution in [0.3, 0.4) is 0 Å². The van der Waals surface area contributed by atoms with E-state index in [4.69, 9.17) is 26.5 Å². The Bertz CT molecular complexity index is 4520. The molecule has 12 rings (SSSR count). The number of anilines is 4. The number of aromatic nitrogens is 5. The number of ether oxygens (including phenoxy) is 1. The van der Waals surface area contributed by atoms with Crippen molar-refractivity contribution in [2.45, 2.75) is 38.3 Å². The first-order valence-electron chi connectivity index (χ1n) is 26.6. The Morgan fingerprint density at radius 3 is 1.47 bits per heavy atom. The van der Waals surface area contributed by atoms with Crippen LogP contribution >= 0.6 is 45.3 Å². The molecule has 28 heteroatoms. The van der Waals surface area contributed by atoms with Gasteiger partial charge < -0.3 is 37.1 Å². The van der Waals surface area contributed by atoms with Gasteiger partial charge in [-0.25, -0.2) is 19.7 Å². The minimum absolute atomic E-state index is 0.000230. The van der Waals surface area contributed by atoms with E-state index in [9.17, 15) is 53.9 Å². The third kappa shape index (κ3) is 13.7. The van der Waals surface area contributed by atoms with Crippen LogP contribution in [0.5, 0.6) is 0 Å². The van der Waals surface area contributed by atoms with E-state index >= 15 is 0 Å². The second-order valence-corrected chi connectivity index (χ2v) is 23.3. The van der Waals surface area contributed by atoms with Crippen molar-refractivity contribution in [3.63, 3.8) is 0 Å². The number of esters is 1. The summed E-state index contributed by atoms with van der Waals surface area (Å²) in [6, 6.07) is 38.8. The molecule has 0 fully saturated rings. The number of hydrogen-bond acceptors (Lipinski definition) is 17. The largest absolute Gasteiger partial charge is 0.462 e. The highest BCUT2D eigenvalue weighted by atomic mass is 32.1. The number of amides is 2. The minimum Gasteiger partial charge on any atom is -0.462 e. The van der Waals surface area contributed by atoms with Gasteiger partial charge in [0.05, 0.1) is 62.3 Å². The van der Waals surface area contributed by atoms with Crippen LogP contribution in [0.15, 0.2) is 162 Å². The Hall–Kier alpha value is -9.77. The summed E-state index contributed by atoms with van der Waals surface area (Å²) < 4.78 is 134. The Labute approximate surface area is 520 Å². The molecule has 0 spiro atoms. The lowest BCUT2D eigenvalue weighted by atomic mass is 9.91. The number of aryl methyl sites for hydroxylation is 1. The fourth-order valence-electron chi connectivity index (χ4n) is 9.37. The third-order valence-electron chi connectivity index (χ3n) is 13.4. The molecular weight excluding hydrogens is 1260 g/mol. The zero-order valence-corrected chi connectivity index (χ0v) is 49.8. The standard InChI is InChI=1S/C28H21F3N4OS.C19H13F3N4O2S.C15H11F3N2O2S2/c29-28(30,31)21-15-22(19-11-13-33-14-12-19)35-27-23(21)24(32)25(37-27)26(36)34-16-20(17-7-3-1-4-8-17)18-9-5-2-6-10-18;1-9-7-13(26-28-9)25-17(27)16-15(23)14-11(19(20,21)22)8-12(24-18(14)29-16)10-5-3-2-4-6-10;1-2-22-14(21)12-11(19)10-7(15(16,17)18)6-8(20-13(10)24-12)9-4-3-5-23-9/h1-15,20H,16,32H2,(H,34,36);2-8H,23H2,1H3,(H,25,26,27);3-6H,2,19H2,1H3. The summed E-state index contributed by atoms with van der Waals surface area (Å²) in [7, 11) is 0. The number of alkyl halides is 9. The van der Waals surface area contributed by atoms with E-state index in [-0.39, 0.29) is 104 Å². The molecule has 0 radical (unpaired) electrons. The summed E-state index contributed by atoms with van der Waals surface area (Å²) in [5.41, 5.74) is 17.9. The van der Waals surface area contributed by atoms with Crippen molar-refractivity contribution in [1.82, 2.24) is 30.4 Å². The highest BCUT2D eigenvalue weighted by Gasteiger charge is 2.39. The van der Waals surface area contributed by atoms with Crippen LogP contribution in [0.25, 0.3) is 63.7 Å². The number of benzene rings is 3. The molecule has 12 aromatic rings. The monoisotopic (exact) mass is 1310 g/mol. The van der Waals surface area contributed by atoms with Crippen LogP contribution in [0.2, 0.25) is 0 Å². The first-order valence-corrected chi connectivity index (χ1v) is 29.9. The zero-order chi connectivity index (χ0) is 64.2. The number of halogens is 9. The first kappa shape index (κ1) is 63.3. The third-order valence-corrected chi connectivity index (χ3v) is 17.6. The summed E-state index contributed by atoms with van der Waals surface area (Å²) in [6.45, 7) is 3.59. The van der Waals surface area contributed by atoms with Crippen molar-refractivity contribution in [1.29, 1.82) is 0 Å². The molecule has 9 heterocycles. The quantitative estimate of drug-likeness (QED) is 0.0566. The van der Waals surface area contributed by atoms with Crippen LogP contribution in [-0.4, -0.2) is 56.0 Å². The number of fused-ring (bicyclic) bond motifs is 3. The molecule has 9 aromatic heterocycles. The average Bonchev–Trinajstić information content (AvgIpc) is 1.62. The summed E-state index contributed by atoms with van der Waals surface area (Å²) in [5.74, 6) is -1.52.